The van der Waals surface area contributed by atoms with E-state index in [9.17, 15) is 24.8 Å². The Balaban J connectivity index is 1.42. The quantitative estimate of drug-likeness (QED) is 0.114. The molecule has 1 fully saturated rings. The lowest BCUT2D eigenvalue weighted by Crippen LogP contribution is -2.40. The van der Waals surface area contributed by atoms with Crippen molar-refractivity contribution in [3.63, 3.8) is 0 Å². The molecule has 0 saturated carbocycles. The van der Waals surface area contributed by atoms with Crippen LogP contribution in [-0.4, -0.2) is 47.4 Å². The van der Waals surface area contributed by atoms with Gasteiger partial charge in [-0.25, -0.2) is 14.9 Å². The van der Waals surface area contributed by atoms with Gasteiger partial charge in [-0.1, -0.05) is 24.3 Å². The summed E-state index contributed by atoms with van der Waals surface area (Å²) in [5.74, 6) is -0.646. The first kappa shape index (κ1) is 30.5. The molecule has 1 aliphatic rings. The van der Waals surface area contributed by atoms with E-state index in [0.29, 0.717) is 41.2 Å². The third kappa shape index (κ3) is 6.69. The van der Waals surface area contributed by atoms with Crippen LogP contribution in [0.1, 0.15) is 29.5 Å². The summed E-state index contributed by atoms with van der Waals surface area (Å²) in [6.07, 6.45) is 5.97. The standard InChI is InChI=1S/C34H29FN6O4/c1-45-31-10-7-22(17-30(31)42)28-20-38-34(27(19-37)33(28)23-5-6-24(18-36)29(35)16-23)41-14-12-26(13-15-41)39-25-8-2-21(3-9-25)4-11-32(43)40-44/h2-11,16-17,20,26,39,42,44H,12-15H2,1H3,(H,40,43)/b11-4+. The Morgan fingerprint density at radius 2 is 1.80 bits per heavy atom. The van der Waals surface area contributed by atoms with Gasteiger partial charge in [-0.05, 0) is 72.0 Å². The molecule has 1 amide bonds. The van der Waals surface area contributed by atoms with Gasteiger partial charge in [0.05, 0.1) is 12.7 Å². The highest BCUT2D eigenvalue weighted by Gasteiger charge is 2.26. The van der Waals surface area contributed by atoms with Crippen molar-refractivity contribution < 1.29 is 24.2 Å². The molecular formula is C34H29FN6O4. The first-order valence-corrected chi connectivity index (χ1v) is 14.1. The number of benzene rings is 3. The Kier molecular flexibility index (Phi) is 9.23. The van der Waals surface area contributed by atoms with Crippen molar-refractivity contribution in [3.8, 4) is 45.9 Å². The summed E-state index contributed by atoms with van der Waals surface area (Å²) >= 11 is 0. The Hall–Kier alpha value is -5.91. The van der Waals surface area contributed by atoms with Crippen molar-refractivity contribution >= 4 is 23.5 Å². The van der Waals surface area contributed by atoms with Crippen LogP contribution in [0.25, 0.3) is 28.3 Å². The number of amides is 1. The number of ether oxygens (including phenoxy) is 1. The molecule has 3 aromatic carbocycles. The highest BCUT2D eigenvalue weighted by molar-refractivity contribution is 5.91. The largest absolute Gasteiger partial charge is 0.504 e. The topological polar surface area (TPSA) is 155 Å². The van der Waals surface area contributed by atoms with Crippen molar-refractivity contribution in [2.45, 2.75) is 18.9 Å². The fraction of sp³-hybridized carbons (Fsp3) is 0.176. The fourth-order valence-corrected chi connectivity index (χ4v) is 5.36. The van der Waals surface area contributed by atoms with Crippen LogP contribution in [0.15, 0.2) is 72.9 Å². The van der Waals surface area contributed by atoms with Crippen LogP contribution in [-0.2, 0) is 4.79 Å². The Labute approximate surface area is 259 Å². The van der Waals surface area contributed by atoms with Gasteiger partial charge >= 0.3 is 0 Å². The summed E-state index contributed by atoms with van der Waals surface area (Å²) in [7, 11) is 1.44. The van der Waals surface area contributed by atoms with Gasteiger partial charge in [0.15, 0.2) is 11.5 Å². The molecule has 0 aliphatic carbocycles. The number of aromatic hydroxyl groups is 1. The minimum atomic E-state index is -0.701. The lowest BCUT2D eigenvalue weighted by atomic mass is 9.91. The van der Waals surface area contributed by atoms with Gasteiger partial charge < -0.3 is 20.1 Å². The number of piperidine rings is 1. The van der Waals surface area contributed by atoms with Gasteiger partial charge in [0, 0.05) is 48.2 Å². The second-order valence-electron chi connectivity index (χ2n) is 10.4. The normalized spacial score (nSPS) is 13.2. The Morgan fingerprint density at radius 1 is 1.07 bits per heavy atom. The fourth-order valence-electron chi connectivity index (χ4n) is 5.36. The van der Waals surface area contributed by atoms with Crippen molar-refractivity contribution in [1.82, 2.24) is 10.5 Å². The maximum atomic E-state index is 14.8. The predicted molar refractivity (Wildman–Crippen MR) is 167 cm³/mol. The number of hydroxylamine groups is 1. The molecule has 0 unspecified atom stereocenters. The molecule has 0 atom stereocenters. The van der Waals surface area contributed by atoms with Crippen LogP contribution in [0.3, 0.4) is 0 Å². The summed E-state index contributed by atoms with van der Waals surface area (Å²) in [5.41, 5.74) is 5.37. The number of nitrogens with one attached hydrogen (secondary N) is 2. The SMILES string of the molecule is COc1ccc(-c2cnc(N3CCC(Nc4ccc(/C=C/C(=O)NO)cc4)CC3)c(C#N)c2-c2ccc(C#N)c(F)c2)cc1O. The summed E-state index contributed by atoms with van der Waals surface area (Å²) in [4.78, 5) is 17.9. The van der Waals surface area contributed by atoms with E-state index in [1.54, 1.807) is 36.0 Å². The number of pyridine rings is 1. The van der Waals surface area contributed by atoms with Crippen LogP contribution >= 0.6 is 0 Å². The van der Waals surface area contributed by atoms with Crippen LogP contribution in [0.4, 0.5) is 15.9 Å². The predicted octanol–water partition coefficient (Wildman–Crippen LogP) is 5.61. The molecule has 2 heterocycles. The number of hydrogen-bond donors (Lipinski definition) is 4. The molecule has 226 valence electrons. The molecule has 10 nitrogen and oxygen atoms in total. The Morgan fingerprint density at radius 3 is 2.42 bits per heavy atom. The molecule has 1 aromatic heterocycles. The van der Waals surface area contributed by atoms with Gasteiger partial charge in [0.2, 0.25) is 0 Å². The van der Waals surface area contributed by atoms with E-state index in [-0.39, 0.29) is 28.7 Å². The van der Waals surface area contributed by atoms with Crippen molar-refractivity contribution in [2.75, 3.05) is 30.4 Å². The summed E-state index contributed by atoms with van der Waals surface area (Å²) < 4.78 is 20.0. The van der Waals surface area contributed by atoms with Gasteiger partial charge in [-0.3, -0.25) is 10.0 Å². The molecule has 5 rings (SSSR count). The van der Waals surface area contributed by atoms with E-state index < -0.39 is 11.7 Å². The van der Waals surface area contributed by atoms with Gasteiger partial charge in [-0.2, -0.15) is 10.5 Å². The average Bonchev–Trinajstić information content (AvgIpc) is 3.07. The zero-order valence-corrected chi connectivity index (χ0v) is 24.3. The maximum Gasteiger partial charge on any atom is 0.267 e. The molecular weight excluding hydrogens is 575 g/mol. The number of methoxy groups -OCH3 is 1. The smallest absolute Gasteiger partial charge is 0.267 e. The minimum absolute atomic E-state index is 0.0932. The van der Waals surface area contributed by atoms with Gasteiger partial charge in [-0.15, -0.1) is 0 Å². The van der Waals surface area contributed by atoms with Crippen LogP contribution in [0.5, 0.6) is 11.5 Å². The number of carbonyl (C=O) groups is 1. The Bertz CT molecular complexity index is 1840. The minimum Gasteiger partial charge on any atom is -0.504 e. The number of aromatic nitrogens is 1. The number of rotatable bonds is 8. The van der Waals surface area contributed by atoms with E-state index >= 15 is 0 Å². The third-order valence-corrected chi connectivity index (χ3v) is 7.65. The van der Waals surface area contributed by atoms with E-state index in [1.165, 1.54) is 31.4 Å². The highest BCUT2D eigenvalue weighted by atomic mass is 19.1. The molecule has 1 saturated heterocycles. The molecule has 0 spiro atoms. The third-order valence-electron chi connectivity index (χ3n) is 7.65. The molecule has 0 radical (unpaired) electrons. The summed E-state index contributed by atoms with van der Waals surface area (Å²) in [6.45, 7) is 1.22. The number of hydrogen-bond acceptors (Lipinski definition) is 9. The van der Waals surface area contributed by atoms with Crippen molar-refractivity contribution in [3.05, 3.63) is 95.4 Å². The second-order valence-corrected chi connectivity index (χ2v) is 10.4. The number of carbonyl (C=O) groups excluding carboxylic acids is 1. The van der Waals surface area contributed by atoms with Crippen LogP contribution in [0.2, 0.25) is 0 Å². The van der Waals surface area contributed by atoms with E-state index in [4.69, 9.17) is 14.9 Å². The second kappa shape index (κ2) is 13.6. The van der Waals surface area contributed by atoms with Crippen molar-refractivity contribution in [2.24, 2.45) is 0 Å². The highest BCUT2D eigenvalue weighted by Crippen LogP contribution is 2.41. The molecule has 45 heavy (non-hydrogen) atoms. The number of phenols is 1. The van der Waals surface area contributed by atoms with E-state index in [0.717, 1.165) is 24.1 Å². The van der Waals surface area contributed by atoms with Crippen LogP contribution in [0, 0.1) is 28.5 Å². The number of halogens is 1. The number of anilines is 2. The first-order chi connectivity index (χ1) is 21.8. The van der Waals surface area contributed by atoms with Crippen molar-refractivity contribution in [1.29, 1.82) is 10.5 Å². The molecule has 4 aromatic rings. The summed E-state index contributed by atoms with van der Waals surface area (Å²) in [5, 5.41) is 42.3. The lowest BCUT2D eigenvalue weighted by molar-refractivity contribution is -0.124. The molecule has 0 bridgehead atoms. The zero-order valence-electron chi connectivity index (χ0n) is 24.3. The molecule has 4 N–H and O–H groups in total. The van der Waals surface area contributed by atoms with Gasteiger partial charge in [0.25, 0.3) is 5.91 Å². The molecule has 1 aliphatic heterocycles. The summed E-state index contributed by atoms with van der Waals surface area (Å²) in [6, 6.07) is 20.9. The van der Waals surface area contributed by atoms with E-state index in [1.807, 2.05) is 35.2 Å². The lowest BCUT2D eigenvalue weighted by Gasteiger charge is -2.34. The average molecular weight is 605 g/mol. The maximum absolute atomic E-state index is 14.8. The number of phenolic OH excluding ortho intramolecular Hbond substituents is 1. The number of nitrogens with zero attached hydrogens (tertiary/aromatic N) is 4. The van der Waals surface area contributed by atoms with E-state index in [2.05, 4.69) is 11.4 Å². The first-order valence-electron chi connectivity index (χ1n) is 14.1. The van der Waals surface area contributed by atoms with Crippen LogP contribution < -0.4 is 20.4 Å². The molecule has 11 heteroatoms. The zero-order chi connectivity index (χ0) is 31.9. The monoisotopic (exact) mass is 604 g/mol. The van der Waals surface area contributed by atoms with Gasteiger partial charge in [0.1, 0.15) is 29.3 Å². The number of nitriles is 2.